The molecule has 2 amide bonds. The Balaban J connectivity index is 1.87. The summed E-state index contributed by atoms with van der Waals surface area (Å²) in [6.45, 7) is 9.32. The van der Waals surface area contributed by atoms with Gasteiger partial charge in [0.2, 0.25) is 11.8 Å². The van der Waals surface area contributed by atoms with Gasteiger partial charge in [-0.1, -0.05) is 50.2 Å². The molecule has 4 nitrogen and oxygen atoms in total. The molecule has 1 heterocycles. The fourth-order valence-electron chi connectivity index (χ4n) is 3.90. The van der Waals surface area contributed by atoms with Crippen LogP contribution in [0.4, 0.5) is 11.4 Å². The lowest BCUT2D eigenvalue weighted by Crippen LogP contribution is -2.37. The Kier molecular flexibility index (Phi) is 5.64. The van der Waals surface area contributed by atoms with Crippen molar-refractivity contribution in [3.8, 4) is 0 Å². The number of carbonyl (C=O) groups excluding carboxylic acids is 2. The molecule has 0 aliphatic carbocycles. The molecule has 1 saturated heterocycles. The Morgan fingerprint density at radius 1 is 1.15 bits per heavy atom. The van der Waals surface area contributed by atoms with E-state index in [9.17, 15) is 9.59 Å². The van der Waals surface area contributed by atoms with Gasteiger partial charge < -0.3 is 9.80 Å². The van der Waals surface area contributed by atoms with Crippen LogP contribution in [0.2, 0.25) is 0 Å². The summed E-state index contributed by atoms with van der Waals surface area (Å²) < 4.78 is 0. The van der Waals surface area contributed by atoms with Gasteiger partial charge in [0.25, 0.3) is 0 Å². The maximum Gasteiger partial charge on any atom is 0.232 e. The van der Waals surface area contributed by atoms with Gasteiger partial charge in [0, 0.05) is 30.9 Å². The number of hydrogen-bond acceptors (Lipinski definition) is 2. The van der Waals surface area contributed by atoms with Gasteiger partial charge in [-0.3, -0.25) is 9.59 Å². The highest BCUT2D eigenvalue weighted by molar-refractivity contribution is 6.05. The molecule has 1 unspecified atom stereocenters. The van der Waals surface area contributed by atoms with Crippen LogP contribution in [0.1, 0.15) is 44.2 Å². The molecular weight excluding hydrogens is 336 g/mol. The molecule has 1 aliphatic rings. The Bertz CT molecular complexity index is 830. The summed E-state index contributed by atoms with van der Waals surface area (Å²) in [7, 11) is 0. The lowest BCUT2D eigenvalue weighted by atomic mass is 9.97. The minimum atomic E-state index is -0.308. The molecule has 0 N–H and O–H groups in total. The van der Waals surface area contributed by atoms with E-state index in [2.05, 4.69) is 19.9 Å². The summed E-state index contributed by atoms with van der Waals surface area (Å²) in [5, 5.41) is 0. The zero-order valence-electron chi connectivity index (χ0n) is 16.6. The molecule has 0 radical (unpaired) electrons. The summed E-state index contributed by atoms with van der Waals surface area (Å²) in [5.41, 5.74) is 4.11. The van der Waals surface area contributed by atoms with Gasteiger partial charge in [-0.05, 0) is 43.0 Å². The first kappa shape index (κ1) is 19.2. The van der Waals surface area contributed by atoms with E-state index in [1.807, 2.05) is 61.2 Å². The molecule has 0 spiro atoms. The summed E-state index contributed by atoms with van der Waals surface area (Å²) in [6.07, 6.45) is 0.272. The van der Waals surface area contributed by atoms with E-state index in [1.54, 1.807) is 4.90 Å². The van der Waals surface area contributed by atoms with E-state index in [1.165, 1.54) is 0 Å². The molecule has 1 fully saturated rings. The van der Waals surface area contributed by atoms with Crippen molar-refractivity contribution in [2.75, 3.05) is 22.9 Å². The van der Waals surface area contributed by atoms with Crippen molar-refractivity contribution >= 4 is 23.2 Å². The Hall–Kier alpha value is -2.62. The average molecular weight is 364 g/mol. The number of aryl methyl sites for hydroxylation is 1. The molecule has 142 valence electrons. The van der Waals surface area contributed by atoms with Gasteiger partial charge in [-0.25, -0.2) is 0 Å². The topological polar surface area (TPSA) is 40.6 Å². The summed E-state index contributed by atoms with van der Waals surface area (Å²) in [5.74, 6) is 0.0732. The number of nitrogens with zero attached hydrogens (tertiary/aromatic N) is 2. The predicted octanol–water partition coefficient (Wildman–Crippen LogP) is 4.52. The standard InChI is InChI=1S/C23H28N2O2/c1-5-24(19-11-7-6-8-12-19)23(27)18-14-21(26)25(15-18)22-17(4)10-9-13-20(22)16(2)3/h6-13,16,18H,5,14-15H2,1-4H3. The first-order chi connectivity index (χ1) is 12.9. The predicted molar refractivity (Wildman–Crippen MR) is 110 cm³/mol. The molecule has 2 aromatic carbocycles. The third-order valence-electron chi connectivity index (χ3n) is 5.29. The highest BCUT2D eigenvalue weighted by Crippen LogP contribution is 2.35. The van der Waals surface area contributed by atoms with E-state index < -0.39 is 0 Å². The molecule has 1 atom stereocenters. The average Bonchev–Trinajstić information content (AvgIpc) is 3.04. The van der Waals surface area contributed by atoms with Gasteiger partial charge in [0.05, 0.1) is 5.92 Å². The minimum Gasteiger partial charge on any atom is -0.312 e. The summed E-state index contributed by atoms with van der Waals surface area (Å²) in [4.78, 5) is 29.6. The molecular formula is C23H28N2O2. The van der Waals surface area contributed by atoms with Crippen LogP contribution in [0.25, 0.3) is 0 Å². The van der Waals surface area contributed by atoms with Gasteiger partial charge in [0.1, 0.15) is 0 Å². The molecule has 0 saturated carbocycles. The largest absolute Gasteiger partial charge is 0.312 e. The van der Waals surface area contributed by atoms with Crippen molar-refractivity contribution in [2.45, 2.75) is 40.0 Å². The van der Waals surface area contributed by atoms with Crippen LogP contribution in [-0.2, 0) is 9.59 Å². The number of para-hydroxylation sites is 2. The van der Waals surface area contributed by atoms with E-state index in [-0.39, 0.29) is 24.2 Å². The first-order valence-corrected chi connectivity index (χ1v) is 9.70. The number of hydrogen-bond donors (Lipinski definition) is 0. The van der Waals surface area contributed by atoms with Gasteiger partial charge in [-0.2, -0.15) is 0 Å². The molecule has 0 aromatic heterocycles. The highest BCUT2D eigenvalue weighted by atomic mass is 16.2. The second-order valence-electron chi connectivity index (χ2n) is 7.49. The third-order valence-corrected chi connectivity index (χ3v) is 5.29. The first-order valence-electron chi connectivity index (χ1n) is 9.70. The van der Waals surface area contributed by atoms with Crippen molar-refractivity contribution in [3.63, 3.8) is 0 Å². The SMILES string of the molecule is CCN(C(=O)C1CC(=O)N(c2c(C)cccc2C(C)C)C1)c1ccccc1. The van der Waals surface area contributed by atoms with E-state index >= 15 is 0 Å². The number of carbonyl (C=O) groups is 2. The van der Waals surface area contributed by atoms with Crippen LogP contribution in [0.5, 0.6) is 0 Å². The second kappa shape index (κ2) is 7.95. The van der Waals surface area contributed by atoms with E-state index in [0.717, 1.165) is 22.5 Å². The molecule has 4 heteroatoms. The van der Waals surface area contributed by atoms with Crippen LogP contribution < -0.4 is 9.80 Å². The van der Waals surface area contributed by atoms with Crippen molar-refractivity contribution in [2.24, 2.45) is 5.92 Å². The van der Waals surface area contributed by atoms with Gasteiger partial charge in [0.15, 0.2) is 0 Å². The highest BCUT2D eigenvalue weighted by Gasteiger charge is 2.38. The monoisotopic (exact) mass is 364 g/mol. The zero-order valence-corrected chi connectivity index (χ0v) is 16.6. The normalized spacial score (nSPS) is 16.9. The van der Waals surface area contributed by atoms with Crippen molar-refractivity contribution < 1.29 is 9.59 Å². The lowest BCUT2D eigenvalue weighted by Gasteiger charge is -2.26. The fourth-order valence-corrected chi connectivity index (χ4v) is 3.90. The van der Waals surface area contributed by atoms with E-state index in [4.69, 9.17) is 0 Å². The van der Waals surface area contributed by atoms with Crippen LogP contribution >= 0.6 is 0 Å². The molecule has 2 aromatic rings. The number of anilines is 2. The van der Waals surface area contributed by atoms with Crippen molar-refractivity contribution in [3.05, 3.63) is 59.7 Å². The van der Waals surface area contributed by atoms with Crippen molar-refractivity contribution in [1.82, 2.24) is 0 Å². The number of amides is 2. The van der Waals surface area contributed by atoms with Gasteiger partial charge in [-0.15, -0.1) is 0 Å². The van der Waals surface area contributed by atoms with Crippen LogP contribution in [0.3, 0.4) is 0 Å². The molecule has 3 rings (SSSR count). The summed E-state index contributed by atoms with van der Waals surface area (Å²) in [6, 6.07) is 15.8. The molecule has 27 heavy (non-hydrogen) atoms. The van der Waals surface area contributed by atoms with Gasteiger partial charge >= 0.3 is 0 Å². The molecule has 1 aliphatic heterocycles. The third kappa shape index (κ3) is 3.75. The van der Waals surface area contributed by atoms with E-state index in [0.29, 0.717) is 19.0 Å². The number of benzene rings is 2. The van der Waals surface area contributed by atoms with Crippen LogP contribution in [0.15, 0.2) is 48.5 Å². The fraction of sp³-hybridized carbons (Fsp3) is 0.391. The lowest BCUT2D eigenvalue weighted by molar-refractivity contribution is -0.124. The Labute approximate surface area is 161 Å². The Morgan fingerprint density at radius 3 is 2.48 bits per heavy atom. The molecule has 0 bridgehead atoms. The second-order valence-corrected chi connectivity index (χ2v) is 7.49. The Morgan fingerprint density at radius 2 is 1.85 bits per heavy atom. The smallest absolute Gasteiger partial charge is 0.232 e. The van der Waals surface area contributed by atoms with Crippen molar-refractivity contribution in [1.29, 1.82) is 0 Å². The number of rotatable bonds is 5. The maximum absolute atomic E-state index is 13.2. The summed E-state index contributed by atoms with van der Waals surface area (Å²) >= 11 is 0. The maximum atomic E-state index is 13.2. The van der Waals surface area contributed by atoms with Crippen LogP contribution in [-0.4, -0.2) is 24.9 Å². The van der Waals surface area contributed by atoms with Crippen LogP contribution in [0, 0.1) is 12.8 Å². The quantitative estimate of drug-likeness (QED) is 0.782. The zero-order chi connectivity index (χ0) is 19.6. The minimum absolute atomic E-state index is 0.0271.